The SMILES string of the molecule is Cc1cc2oc(=O)cc(C[n+]3cccc(O)c3)c2cc1Cl. The molecule has 0 fully saturated rings. The third kappa shape index (κ3) is 2.76. The Morgan fingerprint density at radius 2 is 2.14 bits per heavy atom. The van der Waals surface area contributed by atoms with Gasteiger partial charge in [0.2, 0.25) is 6.20 Å². The van der Waals surface area contributed by atoms with Crippen LogP contribution in [0.25, 0.3) is 11.0 Å². The fourth-order valence-electron chi connectivity index (χ4n) is 2.28. The van der Waals surface area contributed by atoms with E-state index in [1.165, 1.54) is 6.07 Å². The summed E-state index contributed by atoms with van der Waals surface area (Å²) in [6.45, 7) is 2.30. The van der Waals surface area contributed by atoms with Crippen LogP contribution in [-0.4, -0.2) is 5.11 Å². The number of aromatic nitrogens is 1. The summed E-state index contributed by atoms with van der Waals surface area (Å²) in [5, 5.41) is 10.9. The van der Waals surface area contributed by atoms with Gasteiger partial charge in [-0.1, -0.05) is 11.6 Å². The van der Waals surface area contributed by atoms with Crippen molar-refractivity contribution in [1.29, 1.82) is 0 Å². The summed E-state index contributed by atoms with van der Waals surface area (Å²) >= 11 is 6.16. The molecule has 2 aromatic heterocycles. The van der Waals surface area contributed by atoms with E-state index in [0.29, 0.717) is 17.2 Å². The zero-order valence-electron chi connectivity index (χ0n) is 11.3. The number of nitrogens with zero attached hydrogens (tertiary/aromatic N) is 1. The summed E-state index contributed by atoms with van der Waals surface area (Å²) in [6, 6.07) is 8.34. The van der Waals surface area contributed by atoms with E-state index in [4.69, 9.17) is 16.0 Å². The van der Waals surface area contributed by atoms with Crippen molar-refractivity contribution in [2.75, 3.05) is 0 Å². The lowest BCUT2D eigenvalue weighted by molar-refractivity contribution is -0.688. The van der Waals surface area contributed by atoms with E-state index in [1.807, 2.05) is 13.1 Å². The normalized spacial score (nSPS) is 11.0. The molecule has 0 aliphatic rings. The largest absolute Gasteiger partial charge is 0.503 e. The summed E-state index contributed by atoms with van der Waals surface area (Å²) in [5.74, 6) is 0.165. The minimum atomic E-state index is -0.403. The van der Waals surface area contributed by atoms with E-state index in [1.54, 1.807) is 35.0 Å². The fraction of sp³-hybridized carbons (Fsp3) is 0.125. The van der Waals surface area contributed by atoms with Crippen LogP contribution in [0.4, 0.5) is 0 Å². The number of pyridine rings is 1. The second-order valence-electron chi connectivity index (χ2n) is 4.92. The molecule has 5 heteroatoms. The topological polar surface area (TPSA) is 54.3 Å². The predicted molar refractivity (Wildman–Crippen MR) is 79.6 cm³/mol. The number of hydrogen-bond donors (Lipinski definition) is 1. The van der Waals surface area contributed by atoms with Gasteiger partial charge in [-0.25, -0.2) is 4.79 Å². The molecule has 0 saturated heterocycles. The van der Waals surface area contributed by atoms with Crippen LogP contribution < -0.4 is 10.2 Å². The van der Waals surface area contributed by atoms with Gasteiger partial charge in [-0.15, -0.1) is 0 Å². The quantitative estimate of drug-likeness (QED) is 0.585. The first-order chi connectivity index (χ1) is 10.0. The molecule has 1 N–H and O–H groups in total. The van der Waals surface area contributed by atoms with Crippen LogP contribution in [0, 0.1) is 6.92 Å². The van der Waals surface area contributed by atoms with Crippen LogP contribution in [0.5, 0.6) is 5.75 Å². The van der Waals surface area contributed by atoms with Gasteiger partial charge in [0.05, 0.1) is 0 Å². The Morgan fingerprint density at radius 1 is 1.33 bits per heavy atom. The zero-order chi connectivity index (χ0) is 15.0. The molecule has 0 bridgehead atoms. The highest BCUT2D eigenvalue weighted by atomic mass is 35.5. The van der Waals surface area contributed by atoms with Crippen LogP contribution in [0.2, 0.25) is 5.02 Å². The molecule has 1 aromatic carbocycles. The molecule has 106 valence electrons. The second kappa shape index (κ2) is 5.22. The van der Waals surface area contributed by atoms with Crippen LogP contribution in [0.3, 0.4) is 0 Å². The molecule has 2 heterocycles. The Balaban J connectivity index is 2.17. The smallest absolute Gasteiger partial charge is 0.336 e. The van der Waals surface area contributed by atoms with Crippen molar-refractivity contribution in [1.82, 2.24) is 0 Å². The Kier molecular flexibility index (Phi) is 3.39. The molecular formula is C16H13ClNO3+. The molecule has 21 heavy (non-hydrogen) atoms. The summed E-state index contributed by atoms with van der Waals surface area (Å²) in [6.07, 6.45) is 3.41. The van der Waals surface area contributed by atoms with Crippen molar-refractivity contribution >= 4 is 22.6 Å². The van der Waals surface area contributed by atoms with Crippen molar-refractivity contribution in [3.8, 4) is 5.75 Å². The van der Waals surface area contributed by atoms with E-state index in [9.17, 15) is 9.90 Å². The first-order valence-corrected chi connectivity index (χ1v) is 6.82. The van der Waals surface area contributed by atoms with E-state index in [0.717, 1.165) is 16.5 Å². The maximum Gasteiger partial charge on any atom is 0.336 e. The zero-order valence-corrected chi connectivity index (χ0v) is 12.1. The Labute approximate surface area is 125 Å². The lowest BCUT2D eigenvalue weighted by Gasteiger charge is -2.05. The molecular weight excluding hydrogens is 290 g/mol. The van der Waals surface area contributed by atoms with Crippen LogP contribution in [-0.2, 0) is 6.54 Å². The first kappa shape index (κ1) is 13.6. The van der Waals surface area contributed by atoms with Gasteiger partial charge < -0.3 is 9.52 Å². The molecule has 0 atom stereocenters. The van der Waals surface area contributed by atoms with Gasteiger partial charge >= 0.3 is 5.63 Å². The number of benzene rings is 1. The number of halogens is 1. The Morgan fingerprint density at radius 3 is 2.90 bits per heavy atom. The summed E-state index contributed by atoms with van der Waals surface area (Å²) in [7, 11) is 0. The molecule has 0 aliphatic carbocycles. The maximum absolute atomic E-state index is 11.7. The van der Waals surface area contributed by atoms with Crippen LogP contribution >= 0.6 is 11.6 Å². The molecule has 0 radical (unpaired) electrons. The monoisotopic (exact) mass is 302 g/mol. The lowest BCUT2D eigenvalue weighted by Crippen LogP contribution is -2.33. The molecule has 3 rings (SSSR count). The van der Waals surface area contributed by atoms with Crippen LogP contribution in [0.1, 0.15) is 11.1 Å². The van der Waals surface area contributed by atoms with E-state index in [2.05, 4.69) is 0 Å². The second-order valence-corrected chi connectivity index (χ2v) is 5.33. The van der Waals surface area contributed by atoms with Gasteiger partial charge in [0, 0.05) is 28.1 Å². The minimum absolute atomic E-state index is 0.165. The number of aryl methyl sites for hydroxylation is 1. The summed E-state index contributed by atoms with van der Waals surface area (Å²) < 4.78 is 7.02. The minimum Gasteiger partial charge on any atom is -0.503 e. The van der Waals surface area contributed by atoms with Gasteiger partial charge in [-0.05, 0) is 30.7 Å². The average Bonchev–Trinajstić information content (AvgIpc) is 2.41. The van der Waals surface area contributed by atoms with Crippen molar-refractivity contribution < 1.29 is 14.1 Å². The predicted octanol–water partition coefficient (Wildman–Crippen LogP) is 2.80. The molecule has 0 unspecified atom stereocenters. The highest BCUT2D eigenvalue weighted by molar-refractivity contribution is 6.32. The van der Waals surface area contributed by atoms with Crippen molar-refractivity contribution in [3.63, 3.8) is 0 Å². The highest BCUT2D eigenvalue weighted by Crippen LogP contribution is 2.25. The maximum atomic E-state index is 11.7. The van der Waals surface area contributed by atoms with Gasteiger partial charge in [0.25, 0.3) is 0 Å². The third-order valence-electron chi connectivity index (χ3n) is 3.30. The molecule has 0 aliphatic heterocycles. The Hall–Kier alpha value is -2.33. The lowest BCUT2D eigenvalue weighted by atomic mass is 10.1. The van der Waals surface area contributed by atoms with Crippen LogP contribution in [0.15, 0.2) is 51.9 Å². The van der Waals surface area contributed by atoms with Gasteiger partial charge in [0.1, 0.15) is 5.58 Å². The fourth-order valence-corrected chi connectivity index (χ4v) is 2.45. The van der Waals surface area contributed by atoms with E-state index < -0.39 is 5.63 Å². The number of aromatic hydroxyl groups is 1. The number of rotatable bonds is 2. The molecule has 4 nitrogen and oxygen atoms in total. The standard InChI is InChI=1S/C16H12ClNO3/c1-10-5-15-13(7-14(10)17)11(6-16(20)21-15)8-18-4-2-3-12(19)9-18/h2-7,9H,8H2,1H3/p+1. The summed E-state index contributed by atoms with van der Waals surface area (Å²) in [4.78, 5) is 11.7. The molecule has 0 saturated carbocycles. The summed E-state index contributed by atoms with van der Waals surface area (Å²) in [5.41, 5.74) is 1.76. The third-order valence-corrected chi connectivity index (χ3v) is 3.71. The van der Waals surface area contributed by atoms with Crippen molar-refractivity contribution in [3.05, 3.63) is 69.3 Å². The number of hydrogen-bond acceptors (Lipinski definition) is 3. The van der Waals surface area contributed by atoms with Gasteiger partial charge in [0.15, 0.2) is 18.5 Å². The van der Waals surface area contributed by atoms with Crippen molar-refractivity contribution in [2.45, 2.75) is 13.5 Å². The first-order valence-electron chi connectivity index (χ1n) is 6.44. The Bertz CT molecular complexity index is 886. The van der Waals surface area contributed by atoms with Gasteiger partial charge in [-0.3, -0.25) is 0 Å². The molecule has 3 aromatic rings. The molecule has 0 amide bonds. The van der Waals surface area contributed by atoms with E-state index >= 15 is 0 Å². The number of fused-ring (bicyclic) bond motifs is 1. The molecule has 0 spiro atoms. The highest BCUT2D eigenvalue weighted by Gasteiger charge is 2.12. The van der Waals surface area contributed by atoms with E-state index in [-0.39, 0.29) is 5.75 Å². The average molecular weight is 303 g/mol. The van der Waals surface area contributed by atoms with Crippen molar-refractivity contribution in [2.24, 2.45) is 0 Å². The van der Waals surface area contributed by atoms with Gasteiger partial charge in [-0.2, -0.15) is 4.57 Å².